The Morgan fingerprint density at radius 1 is 1.12 bits per heavy atom. The van der Waals surface area contributed by atoms with Crippen LogP contribution in [0.4, 0.5) is 24.5 Å². The van der Waals surface area contributed by atoms with Gasteiger partial charge in [0.1, 0.15) is 0 Å². The van der Waals surface area contributed by atoms with E-state index in [1.165, 1.54) is 11.2 Å². The molecule has 1 aromatic rings. The minimum absolute atomic E-state index is 0.0559. The monoisotopic (exact) mass is 234 g/mol. The van der Waals surface area contributed by atoms with Crippen LogP contribution < -0.4 is 21.7 Å². The normalized spacial score (nSPS) is 11.6. The maximum absolute atomic E-state index is 12.5. The third-order valence-electron chi connectivity index (χ3n) is 1.97. The van der Waals surface area contributed by atoms with Crippen LogP contribution in [0.2, 0.25) is 0 Å². The van der Waals surface area contributed by atoms with Crippen LogP contribution in [0.1, 0.15) is 5.56 Å². The van der Waals surface area contributed by atoms with Gasteiger partial charge in [-0.25, -0.2) is 16.0 Å². The molecule has 0 fully saturated rings. The number of hydrogen-bond donors (Lipinski definition) is 3. The lowest BCUT2D eigenvalue weighted by Crippen LogP contribution is -2.44. The first-order valence-corrected chi connectivity index (χ1v) is 4.51. The first kappa shape index (κ1) is 12.6. The summed E-state index contributed by atoms with van der Waals surface area (Å²) in [7, 11) is 3.15. The van der Waals surface area contributed by atoms with Gasteiger partial charge in [0.05, 0.1) is 11.3 Å². The minimum Gasteiger partial charge on any atom is -0.399 e. The van der Waals surface area contributed by atoms with Gasteiger partial charge in [0, 0.05) is 19.8 Å². The molecule has 0 spiro atoms. The average Bonchev–Trinajstić information content (AvgIpc) is 2.17. The predicted octanol–water partition coefficient (Wildman–Crippen LogP) is 1.36. The molecule has 0 saturated carbocycles. The number of alkyl halides is 3. The van der Waals surface area contributed by atoms with Crippen molar-refractivity contribution in [2.75, 3.05) is 24.9 Å². The maximum Gasteiger partial charge on any atom is 0.416 e. The molecule has 1 aromatic carbocycles. The maximum atomic E-state index is 12.5. The van der Waals surface area contributed by atoms with Crippen molar-refractivity contribution in [1.82, 2.24) is 10.9 Å². The van der Waals surface area contributed by atoms with Crippen LogP contribution in [0.5, 0.6) is 0 Å². The third-order valence-corrected chi connectivity index (χ3v) is 1.97. The molecule has 0 unspecified atom stereocenters. The van der Waals surface area contributed by atoms with Crippen LogP contribution in [-0.4, -0.2) is 14.1 Å². The Morgan fingerprint density at radius 2 is 1.69 bits per heavy atom. The van der Waals surface area contributed by atoms with E-state index in [1.807, 2.05) is 0 Å². The Balaban J connectivity index is 3.17. The highest BCUT2D eigenvalue weighted by Crippen LogP contribution is 2.33. The highest BCUT2D eigenvalue weighted by Gasteiger charge is 2.31. The number of benzene rings is 1. The number of hydrazine groups is 2. The molecule has 0 aliphatic carbocycles. The molecule has 90 valence electrons. The highest BCUT2D eigenvalue weighted by atomic mass is 19.4. The number of halogens is 3. The summed E-state index contributed by atoms with van der Waals surface area (Å²) in [4.78, 5) is 0. The Bertz CT molecular complexity index is 360. The zero-order valence-corrected chi connectivity index (χ0v) is 8.89. The van der Waals surface area contributed by atoms with Gasteiger partial charge in [-0.1, -0.05) is 0 Å². The summed E-state index contributed by atoms with van der Waals surface area (Å²) in [6, 6.07) is 3.33. The quantitative estimate of drug-likeness (QED) is 0.546. The second kappa shape index (κ2) is 4.58. The van der Waals surface area contributed by atoms with Gasteiger partial charge in [-0.3, -0.25) is 0 Å². The fourth-order valence-corrected chi connectivity index (χ4v) is 1.30. The van der Waals surface area contributed by atoms with Gasteiger partial charge in [0.2, 0.25) is 0 Å². The molecule has 0 saturated heterocycles. The first-order chi connectivity index (χ1) is 7.38. The van der Waals surface area contributed by atoms with Crippen molar-refractivity contribution < 1.29 is 13.2 Å². The number of anilines is 2. The van der Waals surface area contributed by atoms with E-state index < -0.39 is 11.7 Å². The number of rotatable bonds is 3. The van der Waals surface area contributed by atoms with Crippen molar-refractivity contribution in [3.05, 3.63) is 23.8 Å². The highest BCUT2D eigenvalue weighted by molar-refractivity contribution is 5.58. The molecule has 7 heteroatoms. The molecule has 16 heavy (non-hydrogen) atoms. The van der Waals surface area contributed by atoms with Crippen LogP contribution >= 0.6 is 0 Å². The Kier molecular flexibility index (Phi) is 3.61. The van der Waals surface area contributed by atoms with E-state index in [2.05, 4.69) is 10.9 Å². The van der Waals surface area contributed by atoms with E-state index in [9.17, 15) is 13.2 Å². The summed E-state index contributed by atoms with van der Waals surface area (Å²) in [6.07, 6.45) is -4.41. The van der Waals surface area contributed by atoms with E-state index >= 15 is 0 Å². The van der Waals surface area contributed by atoms with Gasteiger partial charge in [-0.15, -0.1) is 0 Å². The Hall–Kier alpha value is -1.47. The summed E-state index contributed by atoms with van der Waals surface area (Å²) in [5.74, 6) is 0. The van der Waals surface area contributed by atoms with Gasteiger partial charge >= 0.3 is 6.18 Å². The summed E-state index contributed by atoms with van der Waals surface area (Å²) < 4.78 is 37.5. The molecule has 4 nitrogen and oxygen atoms in total. The molecule has 0 bridgehead atoms. The van der Waals surface area contributed by atoms with Crippen molar-refractivity contribution >= 4 is 11.4 Å². The second-order valence-electron chi connectivity index (χ2n) is 3.09. The molecule has 0 aromatic heterocycles. The molecule has 1 rings (SSSR count). The fraction of sp³-hybridized carbons (Fsp3) is 0.333. The van der Waals surface area contributed by atoms with Crippen LogP contribution in [-0.2, 0) is 6.18 Å². The molecule has 0 radical (unpaired) electrons. The van der Waals surface area contributed by atoms with Gasteiger partial charge in [-0.2, -0.15) is 13.2 Å². The van der Waals surface area contributed by atoms with Crippen molar-refractivity contribution in [3.8, 4) is 0 Å². The van der Waals surface area contributed by atoms with Gasteiger partial charge < -0.3 is 5.73 Å². The zero-order valence-electron chi connectivity index (χ0n) is 8.89. The van der Waals surface area contributed by atoms with Crippen molar-refractivity contribution in [2.45, 2.75) is 6.18 Å². The predicted molar refractivity (Wildman–Crippen MR) is 56.5 cm³/mol. The van der Waals surface area contributed by atoms with Crippen LogP contribution in [0.25, 0.3) is 0 Å². The average molecular weight is 234 g/mol. The molecule has 0 aliphatic rings. The second-order valence-corrected chi connectivity index (χ2v) is 3.09. The summed E-state index contributed by atoms with van der Waals surface area (Å²) in [5.41, 5.74) is 10.3. The number of nitrogen functional groups attached to an aromatic ring is 1. The smallest absolute Gasteiger partial charge is 0.399 e. The topological polar surface area (TPSA) is 53.3 Å². The number of hydrogen-bond acceptors (Lipinski definition) is 4. The van der Waals surface area contributed by atoms with E-state index in [0.29, 0.717) is 0 Å². The number of nitrogens with zero attached hydrogens (tertiary/aromatic N) is 1. The lowest BCUT2D eigenvalue weighted by Gasteiger charge is -2.23. The van der Waals surface area contributed by atoms with Gasteiger partial charge in [0.25, 0.3) is 0 Å². The lowest BCUT2D eigenvalue weighted by molar-refractivity contribution is -0.137. The largest absolute Gasteiger partial charge is 0.416 e. The third kappa shape index (κ3) is 2.77. The van der Waals surface area contributed by atoms with E-state index in [4.69, 9.17) is 5.73 Å². The Labute approximate surface area is 91.2 Å². The molecule has 0 heterocycles. The number of nitrogens with two attached hydrogens (primary N) is 1. The van der Waals surface area contributed by atoms with Crippen molar-refractivity contribution in [1.29, 1.82) is 0 Å². The standard InChI is InChI=1S/C9H13F3N4/c1-14-16(15-2)8-4-6(9(10,11)12)3-7(13)5-8/h3-5,14-15H,13H2,1-2H3. The van der Waals surface area contributed by atoms with Crippen LogP contribution in [0.3, 0.4) is 0 Å². The lowest BCUT2D eigenvalue weighted by atomic mass is 10.1. The summed E-state index contributed by atoms with van der Waals surface area (Å²) in [5, 5.41) is 1.32. The van der Waals surface area contributed by atoms with Gasteiger partial charge in [0.15, 0.2) is 0 Å². The molecular formula is C9H13F3N4. The zero-order chi connectivity index (χ0) is 12.3. The Morgan fingerprint density at radius 3 is 2.12 bits per heavy atom. The summed E-state index contributed by atoms with van der Waals surface area (Å²) >= 11 is 0. The fourth-order valence-electron chi connectivity index (χ4n) is 1.30. The van der Waals surface area contributed by atoms with E-state index in [0.717, 1.165) is 12.1 Å². The van der Waals surface area contributed by atoms with Crippen LogP contribution in [0, 0.1) is 0 Å². The molecule has 0 aliphatic heterocycles. The number of nitrogens with one attached hydrogen (secondary N) is 2. The van der Waals surface area contributed by atoms with Crippen molar-refractivity contribution in [2.24, 2.45) is 0 Å². The molecular weight excluding hydrogens is 221 g/mol. The molecule has 0 amide bonds. The molecule has 4 N–H and O–H groups in total. The summed E-state index contributed by atoms with van der Waals surface area (Å²) in [6.45, 7) is 0. The van der Waals surface area contributed by atoms with E-state index in [1.54, 1.807) is 14.1 Å². The minimum atomic E-state index is -4.41. The van der Waals surface area contributed by atoms with Crippen molar-refractivity contribution in [3.63, 3.8) is 0 Å². The van der Waals surface area contributed by atoms with Gasteiger partial charge in [-0.05, 0) is 18.2 Å². The van der Waals surface area contributed by atoms with E-state index in [-0.39, 0.29) is 11.4 Å². The SMILES string of the molecule is CNN(NC)c1cc(N)cc(C(F)(F)F)c1. The molecule has 0 atom stereocenters. The first-order valence-electron chi connectivity index (χ1n) is 4.51. The van der Waals surface area contributed by atoms with Crippen LogP contribution in [0.15, 0.2) is 18.2 Å².